The molecule has 9 heteroatoms. The number of hydrogen-bond acceptors (Lipinski definition) is 5. The van der Waals surface area contributed by atoms with Crippen molar-refractivity contribution < 1.29 is 14.3 Å². The third-order valence-corrected chi connectivity index (χ3v) is 8.73. The van der Waals surface area contributed by atoms with Gasteiger partial charge >= 0.3 is 5.97 Å². The molecular formula is C27H40Cl2N4O3. The second-order valence-corrected chi connectivity index (χ2v) is 10.9. The van der Waals surface area contributed by atoms with Gasteiger partial charge in [0, 0.05) is 49.8 Å². The highest BCUT2D eigenvalue weighted by molar-refractivity contribution is 5.95. The van der Waals surface area contributed by atoms with Crippen LogP contribution in [0.15, 0.2) is 24.3 Å². The zero-order valence-corrected chi connectivity index (χ0v) is 22.5. The summed E-state index contributed by atoms with van der Waals surface area (Å²) in [5.74, 6) is 2.18. The maximum atomic E-state index is 13.1. The number of nitrogens with one attached hydrogen (secondary N) is 1. The molecule has 1 aromatic carbocycles. The lowest BCUT2D eigenvalue weighted by molar-refractivity contribution is -0.153. The molecule has 3 atom stereocenters. The molecule has 4 aliphatic rings. The molecule has 0 spiro atoms. The third-order valence-electron chi connectivity index (χ3n) is 8.73. The lowest BCUT2D eigenvalue weighted by Crippen LogP contribution is -2.45. The van der Waals surface area contributed by atoms with Crippen LogP contribution in [-0.4, -0.2) is 54.9 Å². The summed E-state index contributed by atoms with van der Waals surface area (Å²) in [6, 6.07) is 7.77. The van der Waals surface area contributed by atoms with Crippen LogP contribution >= 0.6 is 24.8 Å². The van der Waals surface area contributed by atoms with E-state index in [2.05, 4.69) is 4.90 Å². The fourth-order valence-electron chi connectivity index (χ4n) is 6.64. The lowest BCUT2D eigenvalue weighted by Gasteiger charge is -2.38. The molecule has 3 unspecified atom stereocenters. The van der Waals surface area contributed by atoms with Crippen molar-refractivity contribution in [1.29, 1.82) is 5.41 Å². The number of hydrogen-bond donors (Lipinski definition) is 2. The van der Waals surface area contributed by atoms with Crippen molar-refractivity contribution in [3.63, 3.8) is 0 Å². The molecule has 4 fully saturated rings. The van der Waals surface area contributed by atoms with Crippen LogP contribution in [0.25, 0.3) is 0 Å². The average Bonchev–Trinajstić information content (AvgIpc) is 3.48. The van der Waals surface area contributed by atoms with Gasteiger partial charge in [-0.25, -0.2) is 0 Å². The summed E-state index contributed by atoms with van der Waals surface area (Å²) in [5, 5.41) is 7.53. The topological polar surface area (TPSA) is 99.7 Å². The van der Waals surface area contributed by atoms with E-state index >= 15 is 0 Å². The second kappa shape index (κ2) is 12.5. The van der Waals surface area contributed by atoms with Crippen molar-refractivity contribution in [1.82, 2.24) is 4.90 Å². The SMILES string of the molecule is Cl.Cl.N=C(N)c1ccc(N2CCC(C(=O)N3CCC(CC(=O)OC4CC5CCC4C5)CC3)CC2)cc1. The fraction of sp³-hybridized carbons (Fsp3) is 0.667. The number of piperidine rings is 2. The number of ether oxygens (including phenoxy) is 1. The standard InChI is InChI=1S/C27H38N4O3.2ClH/c28-26(29)20-3-5-23(6-4-20)30-13-9-21(10-14-30)27(33)31-11-7-18(8-12-31)17-25(32)34-24-16-19-1-2-22(24)15-19;;/h3-6,18-19,21-22,24H,1-2,7-17H2,(H3,28,29);2*1H. The smallest absolute Gasteiger partial charge is 0.306 e. The maximum absolute atomic E-state index is 13.1. The van der Waals surface area contributed by atoms with Crippen molar-refractivity contribution in [2.75, 3.05) is 31.1 Å². The van der Waals surface area contributed by atoms with E-state index in [0.29, 0.717) is 18.3 Å². The quantitative estimate of drug-likeness (QED) is 0.317. The van der Waals surface area contributed by atoms with Gasteiger partial charge in [-0.1, -0.05) is 0 Å². The van der Waals surface area contributed by atoms with E-state index in [1.807, 2.05) is 29.2 Å². The molecule has 3 N–H and O–H groups in total. The molecule has 2 bridgehead atoms. The molecule has 2 aliphatic heterocycles. The van der Waals surface area contributed by atoms with Gasteiger partial charge in [-0.05, 0) is 93.4 Å². The Kier molecular flexibility index (Phi) is 9.93. The number of carbonyl (C=O) groups excluding carboxylic acids is 2. The van der Waals surface area contributed by atoms with Crippen LogP contribution in [0.1, 0.15) is 63.4 Å². The first-order valence-electron chi connectivity index (χ1n) is 13.1. The number of anilines is 1. The first-order valence-corrected chi connectivity index (χ1v) is 13.1. The van der Waals surface area contributed by atoms with Gasteiger partial charge in [-0.3, -0.25) is 15.0 Å². The number of fused-ring (bicyclic) bond motifs is 2. The first-order chi connectivity index (χ1) is 16.5. The highest BCUT2D eigenvalue weighted by Gasteiger charge is 2.42. The molecule has 2 heterocycles. The van der Waals surface area contributed by atoms with Crippen LogP contribution < -0.4 is 10.6 Å². The summed E-state index contributed by atoms with van der Waals surface area (Å²) in [6.07, 6.45) is 9.09. The van der Waals surface area contributed by atoms with Crippen molar-refractivity contribution in [3.05, 3.63) is 29.8 Å². The van der Waals surface area contributed by atoms with Crippen molar-refractivity contribution in [2.45, 2.75) is 63.9 Å². The number of esters is 1. The zero-order chi connectivity index (χ0) is 23.7. The number of amidine groups is 1. The van der Waals surface area contributed by atoms with Gasteiger partial charge in [-0.15, -0.1) is 24.8 Å². The minimum Gasteiger partial charge on any atom is -0.462 e. The average molecular weight is 540 g/mol. The molecular weight excluding hydrogens is 499 g/mol. The van der Waals surface area contributed by atoms with Crippen LogP contribution in [0.5, 0.6) is 0 Å². The molecule has 5 rings (SSSR count). The molecule has 200 valence electrons. The molecule has 36 heavy (non-hydrogen) atoms. The summed E-state index contributed by atoms with van der Waals surface area (Å²) in [7, 11) is 0. The Hall–Kier alpha value is -1.99. The number of nitrogen functional groups attached to an aromatic ring is 1. The Morgan fingerprint density at radius 3 is 2.14 bits per heavy atom. The van der Waals surface area contributed by atoms with E-state index in [1.165, 1.54) is 19.3 Å². The molecule has 2 saturated carbocycles. The Balaban J connectivity index is 0.00000180. The number of carbonyl (C=O) groups is 2. The van der Waals surface area contributed by atoms with Gasteiger partial charge in [0.2, 0.25) is 5.91 Å². The molecule has 1 aromatic rings. The number of amides is 1. The van der Waals surface area contributed by atoms with Crippen LogP contribution in [0.2, 0.25) is 0 Å². The Bertz CT molecular complexity index is 912. The third kappa shape index (κ3) is 6.46. The van der Waals surface area contributed by atoms with E-state index in [-0.39, 0.29) is 54.5 Å². The molecule has 1 amide bonds. The predicted molar refractivity (Wildman–Crippen MR) is 146 cm³/mol. The number of likely N-dealkylation sites (tertiary alicyclic amines) is 1. The number of benzene rings is 1. The number of rotatable bonds is 6. The maximum Gasteiger partial charge on any atom is 0.306 e. The predicted octanol–water partition coefficient (Wildman–Crippen LogP) is 4.39. The van der Waals surface area contributed by atoms with Crippen molar-refractivity contribution in [2.24, 2.45) is 29.4 Å². The minimum absolute atomic E-state index is 0. The van der Waals surface area contributed by atoms with Crippen LogP contribution in [0, 0.1) is 29.1 Å². The molecule has 7 nitrogen and oxygen atoms in total. The minimum atomic E-state index is -0.0222. The van der Waals surface area contributed by atoms with Crippen LogP contribution in [0.3, 0.4) is 0 Å². The van der Waals surface area contributed by atoms with Crippen LogP contribution in [0.4, 0.5) is 5.69 Å². The van der Waals surface area contributed by atoms with Gasteiger partial charge < -0.3 is 20.3 Å². The highest BCUT2D eigenvalue weighted by atomic mass is 35.5. The normalized spacial score (nSPS) is 26.2. The fourth-order valence-corrected chi connectivity index (χ4v) is 6.64. The monoisotopic (exact) mass is 538 g/mol. The summed E-state index contributed by atoms with van der Waals surface area (Å²) in [5.41, 5.74) is 7.40. The number of nitrogens with zero attached hydrogens (tertiary/aromatic N) is 2. The van der Waals surface area contributed by atoms with Gasteiger partial charge in [0.15, 0.2) is 0 Å². The molecule has 2 aliphatic carbocycles. The van der Waals surface area contributed by atoms with Gasteiger partial charge in [0.25, 0.3) is 0 Å². The largest absolute Gasteiger partial charge is 0.462 e. The van der Waals surface area contributed by atoms with Gasteiger partial charge in [0.05, 0.1) is 0 Å². The van der Waals surface area contributed by atoms with Crippen LogP contribution in [-0.2, 0) is 14.3 Å². The van der Waals surface area contributed by atoms with Gasteiger partial charge in [-0.2, -0.15) is 0 Å². The Morgan fingerprint density at radius 1 is 0.917 bits per heavy atom. The number of nitrogens with two attached hydrogens (primary N) is 1. The Labute approximate surface area is 226 Å². The van der Waals surface area contributed by atoms with Crippen molar-refractivity contribution >= 4 is 48.2 Å². The first kappa shape index (κ1) is 28.6. The summed E-state index contributed by atoms with van der Waals surface area (Å²) in [6.45, 7) is 3.25. The molecule has 2 saturated heterocycles. The van der Waals surface area contributed by atoms with Gasteiger partial charge in [0.1, 0.15) is 11.9 Å². The van der Waals surface area contributed by atoms with E-state index < -0.39 is 0 Å². The summed E-state index contributed by atoms with van der Waals surface area (Å²) in [4.78, 5) is 29.9. The summed E-state index contributed by atoms with van der Waals surface area (Å²) >= 11 is 0. The van der Waals surface area contributed by atoms with E-state index in [9.17, 15) is 9.59 Å². The molecule has 0 aromatic heterocycles. The van der Waals surface area contributed by atoms with E-state index in [0.717, 1.165) is 75.5 Å². The van der Waals surface area contributed by atoms with Crippen molar-refractivity contribution in [3.8, 4) is 0 Å². The Morgan fingerprint density at radius 2 is 1.58 bits per heavy atom. The summed E-state index contributed by atoms with van der Waals surface area (Å²) < 4.78 is 5.84. The van der Waals surface area contributed by atoms with E-state index in [1.54, 1.807) is 0 Å². The second-order valence-electron chi connectivity index (χ2n) is 10.9. The highest BCUT2D eigenvalue weighted by Crippen LogP contribution is 2.46. The number of halogens is 2. The molecule has 0 radical (unpaired) electrons. The zero-order valence-electron chi connectivity index (χ0n) is 20.9. The lowest BCUT2D eigenvalue weighted by atomic mass is 9.90. The van der Waals surface area contributed by atoms with E-state index in [4.69, 9.17) is 15.9 Å².